The molecular formula is C21H26N2O. The molecule has 2 aromatic rings. The molecule has 0 amide bonds. The van der Waals surface area contributed by atoms with Gasteiger partial charge >= 0.3 is 0 Å². The quantitative estimate of drug-likeness (QED) is 0.831. The van der Waals surface area contributed by atoms with Crippen LogP contribution in [0.5, 0.6) is 5.75 Å². The summed E-state index contributed by atoms with van der Waals surface area (Å²) in [5, 5.41) is 0. The Balaban J connectivity index is 1.31. The summed E-state index contributed by atoms with van der Waals surface area (Å²) in [6, 6.07) is 15.1. The van der Waals surface area contributed by atoms with Gasteiger partial charge in [0, 0.05) is 36.3 Å². The van der Waals surface area contributed by atoms with E-state index in [0.717, 1.165) is 47.1 Å². The molecule has 24 heavy (non-hydrogen) atoms. The van der Waals surface area contributed by atoms with E-state index in [9.17, 15) is 0 Å². The van der Waals surface area contributed by atoms with Gasteiger partial charge in [-0.05, 0) is 69.0 Å². The Hall–Kier alpha value is -1.87. The van der Waals surface area contributed by atoms with Crippen molar-refractivity contribution in [2.45, 2.75) is 26.8 Å². The first-order valence-corrected chi connectivity index (χ1v) is 9.03. The van der Waals surface area contributed by atoms with Gasteiger partial charge in [0.2, 0.25) is 0 Å². The van der Waals surface area contributed by atoms with Crippen LogP contribution in [0.2, 0.25) is 0 Å². The number of nitrogens with zero attached hydrogens (tertiary/aromatic N) is 2. The van der Waals surface area contributed by atoms with Gasteiger partial charge in [0.1, 0.15) is 5.75 Å². The Kier molecular flexibility index (Phi) is 4.05. The molecule has 2 fully saturated rings. The second-order valence-electron chi connectivity index (χ2n) is 7.54. The SMILES string of the molecule is Cc1cccc(-c2ccc(OCC3C4CN(C(C)C)CC34)cc2)n1. The number of piperidine rings is 1. The average molecular weight is 322 g/mol. The number of rotatable bonds is 5. The zero-order valence-electron chi connectivity index (χ0n) is 14.8. The first kappa shape index (κ1) is 15.6. The molecule has 0 N–H and O–H groups in total. The molecule has 1 aromatic carbocycles. The molecule has 1 aliphatic carbocycles. The van der Waals surface area contributed by atoms with Crippen molar-refractivity contribution in [1.29, 1.82) is 0 Å². The van der Waals surface area contributed by atoms with Crippen LogP contribution in [-0.2, 0) is 0 Å². The van der Waals surface area contributed by atoms with E-state index in [0.29, 0.717) is 6.04 Å². The van der Waals surface area contributed by atoms with Crippen molar-refractivity contribution in [3.05, 3.63) is 48.2 Å². The molecule has 1 aromatic heterocycles. The molecule has 3 heteroatoms. The number of fused-ring (bicyclic) bond motifs is 1. The standard InChI is InChI=1S/C21H26N2O/c1-14(2)23-11-18-19(12-23)20(18)13-24-17-9-7-16(8-10-17)21-6-4-5-15(3)22-21/h4-10,14,18-20H,11-13H2,1-3H3. The molecule has 2 heterocycles. The zero-order valence-corrected chi connectivity index (χ0v) is 14.8. The van der Waals surface area contributed by atoms with E-state index in [1.165, 1.54) is 13.1 Å². The van der Waals surface area contributed by atoms with Crippen LogP contribution >= 0.6 is 0 Å². The molecule has 1 saturated carbocycles. The molecular weight excluding hydrogens is 296 g/mol. The van der Waals surface area contributed by atoms with Gasteiger partial charge < -0.3 is 9.64 Å². The van der Waals surface area contributed by atoms with E-state index in [2.05, 4.69) is 54.1 Å². The molecule has 3 nitrogen and oxygen atoms in total. The van der Waals surface area contributed by atoms with Crippen molar-refractivity contribution in [2.75, 3.05) is 19.7 Å². The van der Waals surface area contributed by atoms with Crippen molar-refractivity contribution in [3.63, 3.8) is 0 Å². The molecule has 0 radical (unpaired) electrons. The molecule has 2 unspecified atom stereocenters. The van der Waals surface area contributed by atoms with E-state index >= 15 is 0 Å². The molecule has 4 rings (SSSR count). The fourth-order valence-electron chi connectivity index (χ4n) is 3.97. The third-order valence-corrected chi connectivity index (χ3v) is 5.61. The van der Waals surface area contributed by atoms with Crippen LogP contribution in [0.3, 0.4) is 0 Å². The number of ether oxygens (including phenoxy) is 1. The lowest BCUT2D eigenvalue weighted by molar-refractivity contribution is 0.206. The number of likely N-dealkylation sites (tertiary alicyclic amines) is 1. The Morgan fingerprint density at radius 2 is 1.79 bits per heavy atom. The summed E-state index contributed by atoms with van der Waals surface area (Å²) in [6.45, 7) is 9.99. The van der Waals surface area contributed by atoms with Crippen LogP contribution in [0.15, 0.2) is 42.5 Å². The Bertz CT molecular complexity index is 698. The summed E-state index contributed by atoms with van der Waals surface area (Å²) < 4.78 is 6.04. The first-order valence-electron chi connectivity index (χ1n) is 9.03. The lowest BCUT2D eigenvalue weighted by Gasteiger charge is -2.23. The van der Waals surface area contributed by atoms with E-state index in [1.807, 2.05) is 19.1 Å². The molecule has 126 valence electrons. The van der Waals surface area contributed by atoms with Gasteiger partial charge in [-0.15, -0.1) is 0 Å². The van der Waals surface area contributed by atoms with Gasteiger partial charge in [-0.3, -0.25) is 4.98 Å². The van der Waals surface area contributed by atoms with Crippen LogP contribution in [0.4, 0.5) is 0 Å². The smallest absolute Gasteiger partial charge is 0.119 e. The maximum Gasteiger partial charge on any atom is 0.119 e. The molecule has 2 atom stereocenters. The van der Waals surface area contributed by atoms with E-state index in [1.54, 1.807) is 0 Å². The van der Waals surface area contributed by atoms with Gasteiger partial charge in [0.15, 0.2) is 0 Å². The summed E-state index contributed by atoms with van der Waals surface area (Å²) >= 11 is 0. The highest BCUT2D eigenvalue weighted by Crippen LogP contribution is 2.52. The van der Waals surface area contributed by atoms with E-state index < -0.39 is 0 Å². The van der Waals surface area contributed by atoms with Crippen LogP contribution in [0, 0.1) is 24.7 Å². The minimum atomic E-state index is 0.683. The normalized spacial score (nSPS) is 25.8. The Morgan fingerprint density at radius 1 is 1.08 bits per heavy atom. The topological polar surface area (TPSA) is 25.4 Å². The van der Waals surface area contributed by atoms with Gasteiger partial charge in [-0.2, -0.15) is 0 Å². The number of aryl methyl sites for hydroxylation is 1. The summed E-state index contributed by atoms with van der Waals surface area (Å²) in [6.07, 6.45) is 0. The van der Waals surface area contributed by atoms with Crippen molar-refractivity contribution in [1.82, 2.24) is 9.88 Å². The van der Waals surface area contributed by atoms with Gasteiger partial charge in [-0.1, -0.05) is 6.07 Å². The highest BCUT2D eigenvalue weighted by molar-refractivity contribution is 5.60. The van der Waals surface area contributed by atoms with Crippen LogP contribution in [-0.4, -0.2) is 35.6 Å². The summed E-state index contributed by atoms with van der Waals surface area (Å²) in [4.78, 5) is 7.16. The van der Waals surface area contributed by atoms with Gasteiger partial charge in [0.05, 0.1) is 12.3 Å². The number of hydrogen-bond donors (Lipinski definition) is 0. The van der Waals surface area contributed by atoms with Crippen LogP contribution in [0.1, 0.15) is 19.5 Å². The minimum Gasteiger partial charge on any atom is -0.493 e. The fraction of sp³-hybridized carbons (Fsp3) is 0.476. The maximum atomic E-state index is 6.04. The fourth-order valence-corrected chi connectivity index (χ4v) is 3.97. The minimum absolute atomic E-state index is 0.683. The van der Waals surface area contributed by atoms with Crippen molar-refractivity contribution < 1.29 is 4.74 Å². The lowest BCUT2D eigenvalue weighted by atomic mass is 10.1. The number of aromatic nitrogens is 1. The molecule has 2 aliphatic rings. The highest BCUT2D eigenvalue weighted by Gasteiger charge is 2.56. The molecule has 0 spiro atoms. The van der Waals surface area contributed by atoms with Crippen LogP contribution in [0.25, 0.3) is 11.3 Å². The second-order valence-corrected chi connectivity index (χ2v) is 7.54. The average Bonchev–Trinajstić information content (AvgIpc) is 3.02. The first-order chi connectivity index (χ1) is 11.6. The highest BCUT2D eigenvalue weighted by atomic mass is 16.5. The number of hydrogen-bond acceptors (Lipinski definition) is 3. The monoisotopic (exact) mass is 322 g/mol. The summed E-state index contributed by atoms with van der Waals surface area (Å²) in [7, 11) is 0. The summed E-state index contributed by atoms with van der Waals surface area (Å²) in [5.74, 6) is 3.46. The third-order valence-electron chi connectivity index (χ3n) is 5.61. The van der Waals surface area contributed by atoms with Crippen molar-refractivity contribution >= 4 is 0 Å². The predicted molar refractivity (Wildman–Crippen MR) is 97.1 cm³/mol. The second kappa shape index (κ2) is 6.21. The van der Waals surface area contributed by atoms with E-state index in [4.69, 9.17) is 4.74 Å². The van der Waals surface area contributed by atoms with Crippen molar-refractivity contribution in [3.8, 4) is 17.0 Å². The van der Waals surface area contributed by atoms with Crippen LogP contribution < -0.4 is 4.74 Å². The lowest BCUT2D eigenvalue weighted by Crippen LogP contribution is -2.31. The van der Waals surface area contributed by atoms with Gasteiger partial charge in [0.25, 0.3) is 0 Å². The number of benzene rings is 1. The Labute approximate surface area is 144 Å². The van der Waals surface area contributed by atoms with Crippen molar-refractivity contribution in [2.24, 2.45) is 17.8 Å². The maximum absolute atomic E-state index is 6.04. The Morgan fingerprint density at radius 3 is 2.42 bits per heavy atom. The third kappa shape index (κ3) is 3.05. The predicted octanol–water partition coefficient (Wildman–Crippen LogP) is 4.02. The van der Waals surface area contributed by atoms with E-state index in [-0.39, 0.29) is 0 Å². The van der Waals surface area contributed by atoms with Gasteiger partial charge in [-0.25, -0.2) is 0 Å². The molecule has 1 saturated heterocycles. The molecule has 1 aliphatic heterocycles. The summed E-state index contributed by atoms with van der Waals surface area (Å²) in [5.41, 5.74) is 3.21. The molecule has 0 bridgehead atoms. The largest absolute Gasteiger partial charge is 0.493 e. The number of pyridine rings is 1. The zero-order chi connectivity index (χ0) is 16.7.